The highest BCUT2D eigenvalue weighted by Gasteiger charge is 2.25. The number of hydrogen-bond donors (Lipinski definition) is 1. The molecule has 1 fully saturated rings. The maximum absolute atomic E-state index is 12.7. The van der Waals surface area contributed by atoms with Gasteiger partial charge in [0.05, 0.1) is 11.6 Å². The molecule has 0 atom stereocenters. The monoisotopic (exact) mass is 271 g/mol. The summed E-state index contributed by atoms with van der Waals surface area (Å²) in [6, 6.07) is 9.40. The van der Waals surface area contributed by atoms with Gasteiger partial charge >= 0.3 is 0 Å². The van der Waals surface area contributed by atoms with E-state index in [2.05, 4.69) is 18.3 Å². The zero-order valence-electron chi connectivity index (χ0n) is 11.9. The summed E-state index contributed by atoms with van der Waals surface area (Å²) < 4.78 is 0. The first-order valence-electron chi connectivity index (χ1n) is 7.28. The third-order valence-corrected chi connectivity index (χ3v) is 3.71. The summed E-state index contributed by atoms with van der Waals surface area (Å²) in [7, 11) is 0. The van der Waals surface area contributed by atoms with Crippen LogP contribution >= 0.6 is 0 Å². The van der Waals surface area contributed by atoms with Crippen molar-refractivity contribution in [3.05, 3.63) is 35.4 Å². The van der Waals surface area contributed by atoms with Gasteiger partial charge in [-0.1, -0.05) is 13.0 Å². The van der Waals surface area contributed by atoms with Gasteiger partial charge in [0.15, 0.2) is 0 Å². The molecule has 1 heterocycles. The molecule has 20 heavy (non-hydrogen) atoms. The van der Waals surface area contributed by atoms with Crippen molar-refractivity contribution in [2.45, 2.75) is 32.2 Å². The first-order valence-corrected chi connectivity index (χ1v) is 7.28. The van der Waals surface area contributed by atoms with E-state index < -0.39 is 0 Å². The van der Waals surface area contributed by atoms with Crippen LogP contribution in [0.5, 0.6) is 0 Å². The molecule has 4 nitrogen and oxygen atoms in total. The first-order chi connectivity index (χ1) is 9.76. The fraction of sp³-hybridized carbons (Fsp3) is 0.500. The van der Waals surface area contributed by atoms with Crippen molar-refractivity contribution in [2.75, 3.05) is 19.6 Å². The number of nitrogens with zero attached hydrogens (tertiary/aromatic N) is 2. The largest absolute Gasteiger partial charge is 0.336 e. The summed E-state index contributed by atoms with van der Waals surface area (Å²) in [6.45, 7) is 4.81. The lowest BCUT2D eigenvalue weighted by atomic mass is 10.0. The molecular formula is C16H21N3O. The number of rotatable bonds is 4. The predicted molar refractivity (Wildman–Crippen MR) is 78.4 cm³/mol. The van der Waals surface area contributed by atoms with E-state index in [0.29, 0.717) is 17.2 Å². The SMILES string of the molecule is CCCN(C(=O)c1cccc(C#N)c1)C1CCNCC1. The number of carbonyl (C=O) groups excluding carboxylic acids is 1. The highest BCUT2D eigenvalue weighted by molar-refractivity contribution is 5.94. The molecule has 1 aromatic rings. The van der Waals surface area contributed by atoms with Crippen LogP contribution in [0.1, 0.15) is 42.1 Å². The number of nitrogens with one attached hydrogen (secondary N) is 1. The lowest BCUT2D eigenvalue weighted by Crippen LogP contribution is -2.46. The van der Waals surface area contributed by atoms with Gasteiger partial charge in [0, 0.05) is 18.2 Å². The smallest absolute Gasteiger partial charge is 0.254 e. The number of amides is 1. The van der Waals surface area contributed by atoms with Gasteiger partial charge in [-0.25, -0.2) is 0 Å². The minimum absolute atomic E-state index is 0.0517. The summed E-state index contributed by atoms with van der Waals surface area (Å²) in [5, 5.41) is 12.3. The summed E-state index contributed by atoms with van der Waals surface area (Å²) >= 11 is 0. The van der Waals surface area contributed by atoms with E-state index in [1.54, 1.807) is 24.3 Å². The summed E-state index contributed by atoms with van der Waals surface area (Å²) in [5.41, 5.74) is 1.16. The quantitative estimate of drug-likeness (QED) is 0.913. The van der Waals surface area contributed by atoms with Crippen molar-refractivity contribution < 1.29 is 4.79 Å². The van der Waals surface area contributed by atoms with E-state index in [-0.39, 0.29) is 5.91 Å². The van der Waals surface area contributed by atoms with Crippen LogP contribution in [0.4, 0.5) is 0 Å². The summed E-state index contributed by atoms with van der Waals surface area (Å²) in [4.78, 5) is 14.7. The van der Waals surface area contributed by atoms with Crippen LogP contribution in [0.15, 0.2) is 24.3 Å². The molecule has 1 aliphatic rings. The van der Waals surface area contributed by atoms with Gasteiger partial charge in [-0.3, -0.25) is 4.79 Å². The molecule has 2 rings (SSSR count). The van der Waals surface area contributed by atoms with Crippen LogP contribution < -0.4 is 5.32 Å². The molecule has 1 aliphatic heterocycles. The highest BCUT2D eigenvalue weighted by atomic mass is 16.2. The third kappa shape index (κ3) is 3.37. The van der Waals surface area contributed by atoms with Crippen molar-refractivity contribution in [2.24, 2.45) is 0 Å². The Morgan fingerprint density at radius 3 is 2.85 bits per heavy atom. The average Bonchev–Trinajstić information content (AvgIpc) is 2.53. The minimum atomic E-state index is 0.0517. The molecule has 1 saturated heterocycles. The number of nitriles is 1. The number of piperidine rings is 1. The summed E-state index contributed by atoms with van der Waals surface area (Å²) in [5.74, 6) is 0.0517. The molecule has 0 aliphatic carbocycles. The van der Waals surface area contributed by atoms with Crippen LogP contribution in [0.3, 0.4) is 0 Å². The third-order valence-electron chi connectivity index (χ3n) is 3.71. The Morgan fingerprint density at radius 1 is 1.45 bits per heavy atom. The Labute approximate surface area is 120 Å². The maximum Gasteiger partial charge on any atom is 0.254 e. The van der Waals surface area contributed by atoms with Crippen molar-refractivity contribution >= 4 is 5.91 Å². The molecule has 0 radical (unpaired) electrons. The van der Waals surface area contributed by atoms with Gasteiger partial charge < -0.3 is 10.2 Å². The molecule has 1 aromatic carbocycles. The van der Waals surface area contributed by atoms with Gasteiger partial charge in [-0.2, -0.15) is 5.26 Å². The molecule has 106 valence electrons. The molecular weight excluding hydrogens is 250 g/mol. The second-order valence-electron chi connectivity index (χ2n) is 5.17. The Balaban J connectivity index is 2.19. The zero-order valence-corrected chi connectivity index (χ0v) is 11.9. The maximum atomic E-state index is 12.7. The number of carbonyl (C=O) groups is 1. The second kappa shape index (κ2) is 7.06. The van der Waals surface area contributed by atoms with Crippen LogP contribution in [0, 0.1) is 11.3 Å². The van der Waals surface area contributed by atoms with Crippen LogP contribution in [-0.2, 0) is 0 Å². The van der Waals surface area contributed by atoms with Crippen molar-refractivity contribution in [1.29, 1.82) is 5.26 Å². The fourth-order valence-corrected chi connectivity index (χ4v) is 2.70. The fourth-order valence-electron chi connectivity index (χ4n) is 2.70. The predicted octanol–water partition coefficient (Wildman–Crippen LogP) is 2.16. The zero-order chi connectivity index (χ0) is 14.4. The standard InChI is InChI=1S/C16H21N3O/c1-2-10-19(15-6-8-18-9-7-15)16(20)14-5-3-4-13(11-14)12-17/h3-5,11,15,18H,2,6-10H2,1H3. The topological polar surface area (TPSA) is 56.1 Å². The molecule has 0 bridgehead atoms. The normalized spacial score (nSPS) is 15.6. The number of hydrogen-bond acceptors (Lipinski definition) is 3. The lowest BCUT2D eigenvalue weighted by Gasteiger charge is -2.34. The Kier molecular flexibility index (Phi) is 5.14. The average molecular weight is 271 g/mol. The molecule has 1 amide bonds. The molecule has 0 unspecified atom stereocenters. The Bertz CT molecular complexity index is 501. The highest BCUT2D eigenvalue weighted by Crippen LogP contribution is 2.17. The molecule has 0 saturated carbocycles. The second-order valence-corrected chi connectivity index (χ2v) is 5.17. The Morgan fingerprint density at radius 2 is 2.20 bits per heavy atom. The van der Waals surface area contributed by atoms with E-state index in [0.717, 1.165) is 38.9 Å². The molecule has 0 spiro atoms. The molecule has 1 N–H and O–H groups in total. The van der Waals surface area contributed by atoms with E-state index in [1.165, 1.54) is 0 Å². The van der Waals surface area contributed by atoms with Crippen molar-refractivity contribution in [1.82, 2.24) is 10.2 Å². The van der Waals surface area contributed by atoms with Gasteiger partial charge in [0.25, 0.3) is 5.91 Å². The minimum Gasteiger partial charge on any atom is -0.336 e. The van der Waals surface area contributed by atoms with Crippen molar-refractivity contribution in [3.63, 3.8) is 0 Å². The molecule has 4 heteroatoms. The van der Waals surface area contributed by atoms with E-state index in [9.17, 15) is 4.79 Å². The van der Waals surface area contributed by atoms with Gasteiger partial charge in [-0.05, 0) is 50.6 Å². The number of benzene rings is 1. The van der Waals surface area contributed by atoms with Crippen LogP contribution in [-0.4, -0.2) is 36.5 Å². The van der Waals surface area contributed by atoms with Crippen LogP contribution in [0.25, 0.3) is 0 Å². The lowest BCUT2D eigenvalue weighted by molar-refractivity contribution is 0.0642. The van der Waals surface area contributed by atoms with Gasteiger partial charge in [-0.15, -0.1) is 0 Å². The summed E-state index contributed by atoms with van der Waals surface area (Å²) in [6.07, 6.45) is 2.96. The van der Waals surface area contributed by atoms with E-state index in [1.807, 2.05) is 4.90 Å². The first kappa shape index (κ1) is 14.5. The Hall–Kier alpha value is -1.86. The van der Waals surface area contributed by atoms with Crippen molar-refractivity contribution in [3.8, 4) is 6.07 Å². The molecule has 0 aromatic heterocycles. The van der Waals surface area contributed by atoms with Gasteiger partial charge in [0.1, 0.15) is 0 Å². The van der Waals surface area contributed by atoms with E-state index >= 15 is 0 Å². The van der Waals surface area contributed by atoms with Gasteiger partial charge in [0.2, 0.25) is 0 Å². The van der Waals surface area contributed by atoms with Crippen LogP contribution in [0.2, 0.25) is 0 Å². The van der Waals surface area contributed by atoms with E-state index in [4.69, 9.17) is 5.26 Å².